The van der Waals surface area contributed by atoms with Crippen molar-refractivity contribution < 1.29 is 53.1 Å². The molecule has 0 unspecified atom stereocenters. The van der Waals surface area contributed by atoms with E-state index in [1.54, 1.807) is 54.6 Å². The molecule has 0 radical (unpaired) electrons. The molecule has 0 aliphatic heterocycles. The van der Waals surface area contributed by atoms with Crippen molar-refractivity contribution in [1.29, 1.82) is 0 Å². The van der Waals surface area contributed by atoms with Crippen LogP contribution in [0.2, 0.25) is 0 Å². The largest absolute Gasteiger partial charge is 0.494 e. The highest BCUT2D eigenvalue weighted by Gasteiger charge is 2.17. The van der Waals surface area contributed by atoms with Crippen molar-refractivity contribution in [1.82, 2.24) is 15.0 Å². The quantitative estimate of drug-likeness (QED) is 0.0344. The number of ether oxygens (including phenoxy) is 3. The van der Waals surface area contributed by atoms with Gasteiger partial charge in [-0.3, -0.25) is 13.7 Å². The first-order chi connectivity index (χ1) is 32.9. The van der Waals surface area contributed by atoms with Gasteiger partial charge in [0.25, 0.3) is 30.4 Å². The standard InChI is InChI=1S/C42H36N12O12S3/c1-64-37-22-28(52-49-25-7-4-10-31(19-25)67(55,56)57)13-16-34(37)43-40-46-41(44-35-17-14-29(23-38(35)65-2)53-50-26-8-5-11-32(20-26)68(58,59)60)48-42(47-40)45-36-18-15-30(24-39(36)66-3)54-51-27-9-6-12-33(21-27)69(61,62)63/h4-24H,1-3H3,(H,55,56,57)(H,58,59,60)(H,61,62,63)(H3,43,44,45,46,47,48). The number of rotatable bonds is 18. The van der Waals surface area contributed by atoms with E-state index in [4.69, 9.17) is 14.2 Å². The van der Waals surface area contributed by atoms with Crippen molar-refractivity contribution in [3.63, 3.8) is 0 Å². The molecule has 7 aromatic rings. The fraction of sp³-hybridized carbons (Fsp3) is 0.0714. The van der Waals surface area contributed by atoms with E-state index < -0.39 is 30.4 Å². The van der Waals surface area contributed by atoms with Crippen molar-refractivity contribution in [3.05, 3.63) is 127 Å². The van der Waals surface area contributed by atoms with Crippen LogP contribution in [-0.2, 0) is 30.4 Å². The van der Waals surface area contributed by atoms with Crippen LogP contribution >= 0.6 is 0 Å². The third-order valence-electron chi connectivity index (χ3n) is 9.12. The molecule has 0 saturated heterocycles. The van der Waals surface area contributed by atoms with Crippen LogP contribution < -0.4 is 30.2 Å². The summed E-state index contributed by atoms with van der Waals surface area (Å²) >= 11 is 0. The van der Waals surface area contributed by atoms with Crippen molar-refractivity contribution in [3.8, 4) is 17.2 Å². The van der Waals surface area contributed by atoms with Gasteiger partial charge >= 0.3 is 0 Å². The van der Waals surface area contributed by atoms with Gasteiger partial charge in [-0.25, -0.2) is 0 Å². The maximum absolute atomic E-state index is 11.6. The third kappa shape index (κ3) is 13.0. The number of anilines is 6. The van der Waals surface area contributed by atoms with E-state index in [1.807, 2.05) is 0 Å². The van der Waals surface area contributed by atoms with E-state index in [0.29, 0.717) is 34.1 Å². The lowest BCUT2D eigenvalue weighted by molar-refractivity contribution is 0.417. The number of methoxy groups -OCH3 is 3. The SMILES string of the molecule is COc1cc(N=Nc2cccc(S(=O)(=O)O)c2)ccc1Nc1nc(Nc2ccc(N=Nc3cccc(S(=O)(=O)O)c3)cc2OC)nc(Nc2ccc(N=Nc3cccc(S(=O)(=O)O)c3)cc2OC)n1. The molecular weight excluding hydrogens is 961 g/mol. The molecule has 27 heteroatoms. The summed E-state index contributed by atoms with van der Waals surface area (Å²) in [6.45, 7) is 0. The first-order valence-electron chi connectivity index (χ1n) is 19.5. The first kappa shape index (κ1) is 48.6. The number of nitrogens with one attached hydrogen (secondary N) is 3. The second kappa shape index (κ2) is 20.7. The van der Waals surface area contributed by atoms with E-state index in [1.165, 1.54) is 75.9 Å². The first-order valence-corrected chi connectivity index (χ1v) is 23.8. The van der Waals surface area contributed by atoms with Gasteiger partial charge in [0.15, 0.2) is 0 Å². The minimum absolute atomic E-state index is 0.00211. The highest BCUT2D eigenvalue weighted by atomic mass is 32.2. The summed E-state index contributed by atoms with van der Waals surface area (Å²) in [5, 5.41) is 34.1. The fourth-order valence-corrected chi connectivity index (χ4v) is 7.47. The van der Waals surface area contributed by atoms with Crippen molar-refractivity contribution in [2.75, 3.05) is 37.3 Å². The van der Waals surface area contributed by atoms with Gasteiger partial charge in [-0.05, 0) is 91.0 Å². The van der Waals surface area contributed by atoms with Crippen LogP contribution in [-0.4, -0.2) is 75.2 Å². The van der Waals surface area contributed by atoms with Gasteiger partial charge in [0.2, 0.25) is 17.8 Å². The average Bonchev–Trinajstić information content (AvgIpc) is 3.32. The Morgan fingerprint density at radius 2 is 0.623 bits per heavy atom. The second-order valence-electron chi connectivity index (χ2n) is 13.9. The van der Waals surface area contributed by atoms with E-state index in [2.05, 4.69) is 61.6 Å². The van der Waals surface area contributed by atoms with Crippen LogP contribution in [0.3, 0.4) is 0 Å². The van der Waals surface area contributed by atoms with Crippen molar-refractivity contribution >= 4 is 99.4 Å². The zero-order chi connectivity index (χ0) is 49.3. The molecule has 69 heavy (non-hydrogen) atoms. The normalized spacial score (nSPS) is 12.1. The molecule has 1 heterocycles. The summed E-state index contributed by atoms with van der Waals surface area (Å²) in [6, 6.07) is 30.1. The zero-order valence-electron chi connectivity index (χ0n) is 35.9. The summed E-state index contributed by atoms with van der Waals surface area (Å²) in [6.07, 6.45) is 0. The van der Waals surface area contributed by atoms with Gasteiger partial charge in [-0.15, -0.1) is 0 Å². The lowest BCUT2D eigenvalue weighted by atomic mass is 10.2. The fourth-order valence-electron chi connectivity index (χ4n) is 5.91. The monoisotopic (exact) mass is 996 g/mol. The Morgan fingerprint density at radius 1 is 0.377 bits per heavy atom. The maximum Gasteiger partial charge on any atom is 0.294 e. The lowest BCUT2D eigenvalue weighted by Crippen LogP contribution is -2.08. The zero-order valence-corrected chi connectivity index (χ0v) is 38.3. The molecule has 0 aliphatic carbocycles. The van der Waals surface area contributed by atoms with Gasteiger partial charge in [0, 0.05) is 18.2 Å². The number of benzene rings is 6. The molecule has 24 nitrogen and oxygen atoms in total. The van der Waals surface area contributed by atoms with Crippen LogP contribution in [0.25, 0.3) is 0 Å². The molecule has 1 aromatic heterocycles. The summed E-state index contributed by atoms with van der Waals surface area (Å²) in [5.41, 5.74) is 2.56. The van der Waals surface area contributed by atoms with Crippen molar-refractivity contribution in [2.45, 2.75) is 14.7 Å². The van der Waals surface area contributed by atoms with E-state index in [0.717, 1.165) is 18.2 Å². The van der Waals surface area contributed by atoms with Gasteiger partial charge < -0.3 is 30.2 Å². The Morgan fingerprint density at radius 3 is 0.855 bits per heavy atom. The van der Waals surface area contributed by atoms with Crippen LogP contribution in [0.1, 0.15) is 0 Å². The minimum Gasteiger partial charge on any atom is -0.494 e. The summed E-state index contributed by atoms with van der Waals surface area (Å²) in [5.74, 6) is 0.813. The number of aromatic nitrogens is 3. The molecule has 7 rings (SSSR count). The molecule has 0 bridgehead atoms. The van der Waals surface area contributed by atoms with Crippen LogP contribution in [0.15, 0.2) is 173 Å². The molecule has 6 aromatic carbocycles. The van der Waals surface area contributed by atoms with E-state index >= 15 is 0 Å². The molecular formula is C42H36N12O12S3. The Labute approximate surface area is 393 Å². The molecule has 354 valence electrons. The van der Waals surface area contributed by atoms with Crippen LogP contribution in [0.5, 0.6) is 17.2 Å². The highest BCUT2D eigenvalue weighted by Crippen LogP contribution is 2.37. The number of nitrogens with zero attached hydrogens (tertiary/aromatic N) is 9. The molecule has 0 aliphatic rings. The highest BCUT2D eigenvalue weighted by molar-refractivity contribution is 7.86. The predicted molar refractivity (Wildman–Crippen MR) is 250 cm³/mol. The summed E-state index contributed by atoms with van der Waals surface area (Å²) in [7, 11) is -9.13. The molecule has 0 amide bonds. The van der Waals surface area contributed by atoms with Crippen LogP contribution in [0, 0.1) is 0 Å². The predicted octanol–water partition coefficient (Wildman–Crippen LogP) is 10.1. The van der Waals surface area contributed by atoms with Gasteiger partial charge in [-0.2, -0.15) is 70.9 Å². The Balaban J connectivity index is 1.19. The van der Waals surface area contributed by atoms with E-state index in [-0.39, 0.29) is 66.8 Å². The summed E-state index contributed by atoms with van der Waals surface area (Å²) < 4.78 is 115. The Kier molecular flexibility index (Phi) is 14.6. The van der Waals surface area contributed by atoms with Crippen LogP contribution in [0.4, 0.5) is 69.0 Å². The number of hydrogen-bond acceptors (Lipinski definition) is 21. The van der Waals surface area contributed by atoms with Gasteiger partial charge in [0.05, 0.1) is 87.2 Å². The number of azo groups is 3. The maximum atomic E-state index is 11.6. The molecule has 6 N–H and O–H groups in total. The number of hydrogen-bond donors (Lipinski definition) is 6. The minimum atomic E-state index is -4.46. The summed E-state index contributed by atoms with van der Waals surface area (Å²) in [4.78, 5) is 12.7. The third-order valence-corrected chi connectivity index (χ3v) is 11.7. The Bertz CT molecular complexity index is 3130. The molecule has 0 fully saturated rings. The van der Waals surface area contributed by atoms with E-state index in [9.17, 15) is 38.9 Å². The smallest absolute Gasteiger partial charge is 0.294 e. The van der Waals surface area contributed by atoms with Gasteiger partial charge in [0.1, 0.15) is 17.2 Å². The Hall–Kier alpha value is -8.34. The molecule has 0 spiro atoms. The van der Waals surface area contributed by atoms with Gasteiger partial charge in [-0.1, -0.05) is 18.2 Å². The molecule has 0 atom stereocenters. The lowest BCUT2D eigenvalue weighted by Gasteiger charge is -2.15. The second-order valence-corrected chi connectivity index (χ2v) is 18.1. The van der Waals surface area contributed by atoms with Crippen molar-refractivity contribution in [2.24, 2.45) is 30.7 Å². The molecule has 0 saturated carbocycles. The average molecular weight is 997 g/mol. The topological polar surface area (TPSA) is 340 Å².